The van der Waals surface area contributed by atoms with Gasteiger partial charge in [0.2, 0.25) is 15.8 Å². The number of para-hydroxylation sites is 2. The smallest absolute Gasteiger partial charge is 0.234 e. The first-order chi connectivity index (χ1) is 16.4. The maximum Gasteiger partial charge on any atom is 0.234 e. The lowest BCUT2D eigenvalue weighted by Gasteiger charge is -2.16. The summed E-state index contributed by atoms with van der Waals surface area (Å²) in [5.41, 5.74) is 1.26. The molecule has 0 amide bonds. The molecule has 0 aliphatic rings. The van der Waals surface area contributed by atoms with E-state index < -0.39 is 10.0 Å². The maximum absolute atomic E-state index is 12.9. The highest BCUT2D eigenvalue weighted by Gasteiger charge is 2.22. The molecule has 4 aromatic rings. The largest absolute Gasteiger partial charge is 0.493 e. The van der Waals surface area contributed by atoms with Crippen molar-refractivity contribution in [2.24, 2.45) is 0 Å². The predicted octanol–water partition coefficient (Wildman–Crippen LogP) is 4.37. The number of nitrogens with zero attached hydrogens (tertiary/aromatic N) is 4. The molecular weight excluding hydrogens is 478 g/mol. The number of pyridine rings is 2. The zero-order valence-electron chi connectivity index (χ0n) is 18.1. The SMILES string of the molecule is COc1ccccc1Oc1c(Cl)nc(-c2ccncc2)nc1NS(=O)(=O)CCc1ccccn1. The summed E-state index contributed by atoms with van der Waals surface area (Å²) in [6.07, 6.45) is 4.97. The standard InChI is InChI=1S/C23H20ClN5O4S/c1-32-18-7-2-3-8-19(18)33-20-21(24)27-22(16-9-13-25-14-10-16)28-23(20)29-34(30,31)15-11-17-6-4-5-12-26-17/h2-10,12-14H,11,15H2,1H3,(H,27,28,29). The van der Waals surface area contributed by atoms with Crippen molar-refractivity contribution in [3.05, 3.63) is 84.0 Å². The highest BCUT2D eigenvalue weighted by atomic mass is 35.5. The Morgan fingerprint density at radius 3 is 2.38 bits per heavy atom. The molecular formula is C23H20ClN5O4S. The zero-order valence-corrected chi connectivity index (χ0v) is 19.6. The molecule has 1 N–H and O–H groups in total. The van der Waals surface area contributed by atoms with E-state index in [0.717, 1.165) is 0 Å². The Kier molecular flexibility index (Phi) is 7.19. The van der Waals surface area contributed by atoms with Crippen molar-refractivity contribution in [2.45, 2.75) is 6.42 Å². The molecule has 0 bridgehead atoms. The van der Waals surface area contributed by atoms with E-state index in [1.807, 2.05) is 0 Å². The van der Waals surface area contributed by atoms with Gasteiger partial charge in [-0.05, 0) is 36.4 Å². The third-order valence-electron chi connectivity index (χ3n) is 4.65. The lowest BCUT2D eigenvalue weighted by atomic mass is 10.2. The number of hydrogen-bond donors (Lipinski definition) is 1. The van der Waals surface area contributed by atoms with Gasteiger partial charge in [-0.1, -0.05) is 29.8 Å². The molecule has 34 heavy (non-hydrogen) atoms. The Morgan fingerprint density at radius 2 is 1.68 bits per heavy atom. The lowest BCUT2D eigenvalue weighted by Crippen LogP contribution is -2.20. The monoisotopic (exact) mass is 497 g/mol. The van der Waals surface area contributed by atoms with Crippen molar-refractivity contribution in [1.29, 1.82) is 0 Å². The number of nitrogens with one attached hydrogen (secondary N) is 1. The van der Waals surface area contributed by atoms with E-state index in [9.17, 15) is 8.42 Å². The van der Waals surface area contributed by atoms with Crippen LogP contribution in [0.15, 0.2) is 73.2 Å². The quantitative estimate of drug-likeness (QED) is 0.339. The van der Waals surface area contributed by atoms with Crippen LogP contribution in [0.5, 0.6) is 17.2 Å². The molecule has 0 fully saturated rings. The van der Waals surface area contributed by atoms with Crippen LogP contribution in [-0.4, -0.2) is 41.2 Å². The molecule has 0 spiro atoms. The van der Waals surface area contributed by atoms with Crippen LogP contribution in [0.4, 0.5) is 5.82 Å². The summed E-state index contributed by atoms with van der Waals surface area (Å²) in [5.74, 6) is 0.595. The lowest BCUT2D eigenvalue weighted by molar-refractivity contribution is 0.378. The molecule has 0 unspecified atom stereocenters. The molecule has 4 rings (SSSR count). The fraction of sp³-hybridized carbons (Fsp3) is 0.130. The zero-order chi connectivity index (χ0) is 24.0. The third kappa shape index (κ3) is 5.77. The number of rotatable bonds is 9. The van der Waals surface area contributed by atoms with Crippen LogP contribution in [-0.2, 0) is 16.4 Å². The average Bonchev–Trinajstić information content (AvgIpc) is 2.86. The maximum atomic E-state index is 12.9. The van der Waals surface area contributed by atoms with Crippen LogP contribution in [0.3, 0.4) is 0 Å². The Bertz CT molecular complexity index is 1370. The first kappa shape index (κ1) is 23.4. The first-order valence-corrected chi connectivity index (χ1v) is 12.2. The van der Waals surface area contributed by atoms with Crippen LogP contribution >= 0.6 is 11.6 Å². The van der Waals surface area contributed by atoms with Gasteiger partial charge in [-0.3, -0.25) is 14.7 Å². The van der Waals surface area contributed by atoms with E-state index in [2.05, 4.69) is 24.7 Å². The van der Waals surface area contributed by atoms with Gasteiger partial charge in [0.25, 0.3) is 0 Å². The van der Waals surface area contributed by atoms with Gasteiger partial charge in [0.1, 0.15) is 0 Å². The summed E-state index contributed by atoms with van der Waals surface area (Å²) in [6, 6.07) is 15.6. The number of hydrogen-bond acceptors (Lipinski definition) is 8. The van der Waals surface area contributed by atoms with E-state index in [0.29, 0.717) is 22.8 Å². The highest BCUT2D eigenvalue weighted by molar-refractivity contribution is 7.92. The molecule has 3 aromatic heterocycles. The van der Waals surface area contributed by atoms with Crippen molar-refractivity contribution in [3.8, 4) is 28.6 Å². The third-order valence-corrected chi connectivity index (χ3v) is 6.15. The number of ether oxygens (including phenoxy) is 2. The molecule has 0 aliphatic carbocycles. The van der Waals surface area contributed by atoms with Crippen LogP contribution in [0, 0.1) is 0 Å². The van der Waals surface area contributed by atoms with Gasteiger partial charge in [0.05, 0.1) is 12.9 Å². The number of methoxy groups -OCH3 is 1. The molecule has 0 saturated carbocycles. The molecule has 0 radical (unpaired) electrons. The van der Waals surface area contributed by atoms with Crippen LogP contribution in [0.25, 0.3) is 11.4 Å². The molecule has 0 atom stereocenters. The Balaban J connectivity index is 1.70. The normalized spacial score (nSPS) is 11.1. The van der Waals surface area contributed by atoms with Crippen molar-refractivity contribution in [2.75, 3.05) is 17.6 Å². The Labute approximate surface area is 201 Å². The summed E-state index contributed by atoms with van der Waals surface area (Å²) in [7, 11) is -2.35. The first-order valence-electron chi connectivity index (χ1n) is 10.1. The van der Waals surface area contributed by atoms with Crippen LogP contribution < -0.4 is 14.2 Å². The number of anilines is 1. The predicted molar refractivity (Wildman–Crippen MR) is 129 cm³/mol. The van der Waals surface area contributed by atoms with E-state index >= 15 is 0 Å². The average molecular weight is 498 g/mol. The minimum Gasteiger partial charge on any atom is -0.493 e. The van der Waals surface area contributed by atoms with E-state index in [1.54, 1.807) is 73.2 Å². The second kappa shape index (κ2) is 10.4. The van der Waals surface area contributed by atoms with Crippen molar-refractivity contribution in [1.82, 2.24) is 19.9 Å². The molecule has 0 aliphatic heterocycles. The van der Waals surface area contributed by atoms with Gasteiger partial charge in [-0.25, -0.2) is 18.4 Å². The minimum absolute atomic E-state index is 0.0506. The van der Waals surface area contributed by atoms with E-state index in [4.69, 9.17) is 21.1 Å². The van der Waals surface area contributed by atoms with Crippen molar-refractivity contribution in [3.63, 3.8) is 0 Å². The summed E-state index contributed by atoms with van der Waals surface area (Å²) in [6.45, 7) is 0. The van der Waals surface area contributed by atoms with Crippen LogP contribution in [0.1, 0.15) is 5.69 Å². The van der Waals surface area contributed by atoms with E-state index in [1.165, 1.54) is 7.11 Å². The molecule has 9 nitrogen and oxygen atoms in total. The van der Waals surface area contributed by atoms with E-state index in [-0.39, 0.29) is 34.7 Å². The van der Waals surface area contributed by atoms with Gasteiger partial charge in [0.15, 0.2) is 28.3 Å². The number of benzene rings is 1. The number of aryl methyl sites for hydroxylation is 1. The second-order valence-electron chi connectivity index (χ2n) is 7.00. The molecule has 3 heterocycles. The van der Waals surface area contributed by atoms with Crippen LogP contribution in [0.2, 0.25) is 5.15 Å². The van der Waals surface area contributed by atoms with Gasteiger partial charge >= 0.3 is 0 Å². The number of sulfonamides is 1. The van der Waals surface area contributed by atoms with Gasteiger partial charge < -0.3 is 9.47 Å². The summed E-state index contributed by atoms with van der Waals surface area (Å²) in [5, 5.41) is -0.0739. The summed E-state index contributed by atoms with van der Waals surface area (Å²) >= 11 is 6.45. The molecule has 174 valence electrons. The van der Waals surface area contributed by atoms with Gasteiger partial charge in [-0.2, -0.15) is 0 Å². The number of aromatic nitrogens is 4. The van der Waals surface area contributed by atoms with Gasteiger partial charge in [-0.15, -0.1) is 0 Å². The van der Waals surface area contributed by atoms with Gasteiger partial charge in [0, 0.05) is 36.3 Å². The molecule has 1 aromatic carbocycles. The fourth-order valence-electron chi connectivity index (χ4n) is 3.01. The highest BCUT2D eigenvalue weighted by Crippen LogP contribution is 2.39. The Morgan fingerprint density at radius 1 is 0.941 bits per heavy atom. The minimum atomic E-state index is -3.84. The van der Waals surface area contributed by atoms with Crippen molar-refractivity contribution < 1.29 is 17.9 Å². The summed E-state index contributed by atoms with van der Waals surface area (Å²) < 4.78 is 39.6. The number of halogens is 1. The Hall–Kier alpha value is -3.76. The molecule has 0 saturated heterocycles. The summed E-state index contributed by atoms with van der Waals surface area (Å²) in [4.78, 5) is 16.8. The fourth-order valence-corrected chi connectivity index (χ4v) is 4.23. The van der Waals surface area contributed by atoms with Crippen molar-refractivity contribution >= 4 is 27.4 Å². The topological polar surface area (TPSA) is 116 Å². The molecule has 11 heteroatoms. The second-order valence-corrected chi connectivity index (χ2v) is 9.20.